The molecule has 4 aromatic carbocycles. The molecule has 0 aliphatic rings. The number of benzene rings is 4. The van der Waals surface area contributed by atoms with E-state index in [1.54, 1.807) is 18.2 Å². The van der Waals surface area contributed by atoms with E-state index >= 15 is 0 Å². The van der Waals surface area contributed by atoms with Gasteiger partial charge < -0.3 is 24.2 Å². The summed E-state index contributed by atoms with van der Waals surface area (Å²) in [5, 5.41) is 21.3. The van der Waals surface area contributed by atoms with Gasteiger partial charge in [-0.3, -0.25) is 4.55 Å². The van der Waals surface area contributed by atoms with Crippen molar-refractivity contribution < 1.29 is 45.6 Å². The molecule has 0 radical (unpaired) electrons. The van der Waals surface area contributed by atoms with Crippen LogP contribution in [-0.4, -0.2) is 68.8 Å². The summed E-state index contributed by atoms with van der Waals surface area (Å²) in [6, 6.07) is 20.4. The van der Waals surface area contributed by atoms with Gasteiger partial charge in [0.1, 0.15) is 38.9 Å². The van der Waals surface area contributed by atoms with Crippen LogP contribution in [-0.2, 0) is 33.1 Å². The summed E-state index contributed by atoms with van der Waals surface area (Å²) in [6.07, 6.45) is 10.6. The van der Waals surface area contributed by atoms with Crippen LogP contribution in [0.3, 0.4) is 0 Å². The van der Waals surface area contributed by atoms with Gasteiger partial charge in [0.25, 0.3) is 10.1 Å². The summed E-state index contributed by atoms with van der Waals surface area (Å²) in [5.74, 6) is 1.78. The Kier molecular flexibility index (Phi) is 17.9. The third-order valence-electron chi connectivity index (χ3n) is 7.38. The molecule has 4 aromatic rings. The Morgan fingerprint density at radius 3 is 1.51 bits per heavy atom. The van der Waals surface area contributed by atoms with Crippen molar-refractivity contribution in [3.63, 3.8) is 0 Å². The number of unbranched alkanes of at least 4 members (excludes halogenated alkanes) is 6. The summed E-state index contributed by atoms with van der Waals surface area (Å²) in [4.78, 5) is -0.502. The number of hydrogen-bond acceptors (Lipinski definition) is 9. The Labute approximate surface area is 319 Å². The second-order valence-corrected chi connectivity index (χ2v) is 14.1. The number of aryl methyl sites for hydroxylation is 2. The minimum Gasteiger partial charge on any atom is -0.872 e. The van der Waals surface area contributed by atoms with Crippen molar-refractivity contribution in [2.75, 3.05) is 0 Å². The number of ether oxygens (including phenoxy) is 2. The fourth-order valence-electron chi connectivity index (χ4n) is 4.77. The molecule has 0 spiro atoms. The fourth-order valence-corrected chi connectivity index (χ4v) is 5.72. The second-order valence-electron chi connectivity index (χ2n) is 11.3. The zero-order valence-corrected chi connectivity index (χ0v) is 31.7. The maximum absolute atomic E-state index is 11.6. The molecule has 0 bridgehead atoms. The molecule has 4 rings (SSSR count). The molecule has 0 fully saturated rings. The van der Waals surface area contributed by atoms with Gasteiger partial charge >= 0.3 is 37.7 Å². The largest absolute Gasteiger partial charge is 2.00 e. The second kappa shape index (κ2) is 20.7. The summed E-state index contributed by atoms with van der Waals surface area (Å²) in [6.45, 7) is 4.30. The first kappa shape index (κ1) is 42.3. The third kappa shape index (κ3) is 14.9. The summed E-state index contributed by atoms with van der Waals surface area (Å²) in [7, 11) is -8.70. The van der Waals surface area contributed by atoms with Crippen LogP contribution in [0.25, 0.3) is 0 Å². The van der Waals surface area contributed by atoms with E-state index in [9.17, 15) is 31.6 Å². The number of phenolic OH excluding ortho intramolecular Hbond substituents is 1. The van der Waals surface area contributed by atoms with Crippen LogP contribution in [0.2, 0.25) is 0 Å². The van der Waals surface area contributed by atoms with E-state index in [0.717, 1.165) is 56.1 Å². The summed E-state index contributed by atoms with van der Waals surface area (Å²) < 4.78 is 75.4. The predicted octanol–water partition coefficient (Wildman–Crippen LogP) is 7.75. The summed E-state index contributed by atoms with van der Waals surface area (Å²) in [5.41, 5.74) is 1.92. The van der Waals surface area contributed by atoms with Gasteiger partial charge in [0, 0.05) is 6.07 Å². The molecule has 0 saturated carbocycles. The minimum atomic E-state index is -4.48. The van der Waals surface area contributed by atoms with Crippen molar-refractivity contribution in [2.24, 2.45) is 0 Å². The Morgan fingerprint density at radius 1 is 0.612 bits per heavy atom. The van der Waals surface area contributed by atoms with Gasteiger partial charge in [0.15, 0.2) is 0 Å². The molecule has 0 heterocycles. The maximum atomic E-state index is 11.6. The average Bonchev–Trinajstić information content (AvgIpc) is 3.03. The van der Waals surface area contributed by atoms with Crippen molar-refractivity contribution in [2.45, 2.75) is 87.8 Å². The maximum Gasteiger partial charge on any atom is 2.00 e. The molecule has 13 heteroatoms. The van der Waals surface area contributed by atoms with Gasteiger partial charge in [-0.25, -0.2) is 8.42 Å². The van der Waals surface area contributed by atoms with Crippen LogP contribution >= 0.6 is 0 Å². The quantitative estimate of drug-likeness (QED) is 0.0657. The van der Waals surface area contributed by atoms with Gasteiger partial charge in [-0.1, -0.05) is 70.6 Å². The average molecular weight is 739 g/mol. The van der Waals surface area contributed by atoms with Crippen LogP contribution in [0.4, 0.5) is 0 Å². The molecule has 10 nitrogen and oxygen atoms in total. The third-order valence-corrected chi connectivity index (χ3v) is 9.10. The molecule has 0 amide bonds. The number of aromatic hydroxyl groups is 1. The first-order chi connectivity index (χ1) is 22.8. The van der Waals surface area contributed by atoms with E-state index in [1.165, 1.54) is 79.9 Å². The van der Waals surface area contributed by atoms with E-state index < -0.39 is 20.2 Å². The van der Waals surface area contributed by atoms with Crippen molar-refractivity contribution in [3.05, 3.63) is 96.1 Å². The van der Waals surface area contributed by atoms with Gasteiger partial charge in [-0.15, -0.1) is 5.75 Å². The number of phenols is 1. The normalized spacial score (nSPS) is 11.2. The molecule has 2 N–H and O–H groups in total. The Hall–Kier alpha value is -2.84. The van der Waals surface area contributed by atoms with Crippen LogP contribution in [0, 0.1) is 0 Å². The molecular formula is C36H42CaO10S2. The van der Waals surface area contributed by atoms with Gasteiger partial charge in [0.2, 0.25) is 0 Å². The minimum absolute atomic E-state index is 0. The van der Waals surface area contributed by atoms with Crippen LogP contribution in [0.5, 0.6) is 34.5 Å². The molecule has 260 valence electrons. The molecule has 0 aliphatic carbocycles. The topological polar surface area (TPSA) is 173 Å². The van der Waals surface area contributed by atoms with Crippen molar-refractivity contribution >= 4 is 58.0 Å². The SMILES string of the molecule is CCCCCCc1ccc(O)cc1Oc1ccc(S(=O)(=O)O)cc1.CCCCCCc1ccc([O-])cc1Oc1ccc(S(=O)(=O)[O-])cc1.[Ca+2]. The molecule has 0 atom stereocenters. The first-order valence-corrected chi connectivity index (χ1v) is 18.8. The fraction of sp³-hybridized carbons (Fsp3) is 0.333. The van der Waals surface area contributed by atoms with E-state index in [-0.39, 0.29) is 59.0 Å². The van der Waals surface area contributed by atoms with Gasteiger partial charge in [0.05, 0.1) is 9.79 Å². The Morgan fingerprint density at radius 2 is 1.06 bits per heavy atom. The van der Waals surface area contributed by atoms with Crippen LogP contribution in [0.15, 0.2) is 94.7 Å². The van der Waals surface area contributed by atoms with Crippen molar-refractivity contribution in [1.82, 2.24) is 0 Å². The van der Waals surface area contributed by atoms with E-state index in [4.69, 9.17) is 14.0 Å². The molecule has 0 saturated heterocycles. The Balaban J connectivity index is 0.000000333. The zero-order chi connectivity index (χ0) is 35.2. The standard InChI is InChI=1S/2C18H22O5S.Ca/c2*1-2-3-4-5-6-14-7-8-15(19)13-18(14)23-16-9-11-17(12-10-16)24(20,21)22;/h2*7-13,19H,2-6H2,1H3,(H,20,21,22);/q;;+2/p-2. The monoisotopic (exact) mass is 738 g/mol. The van der Waals surface area contributed by atoms with Crippen molar-refractivity contribution in [3.8, 4) is 34.5 Å². The van der Waals surface area contributed by atoms with Gasteiger partial charge in [-0.2, -0.15) is 8.42 Å². The van der Waals surface area contributed by atoms with Crippen LogP contribution < -0.4 is 14.6 Å². The van der Waals surface area contributed by atoms with Crippen LogP contribution in [0.1, 0.15) is 76.3 Å². The van der Waals surface area contributed by atoms with Gasteiger partial charge in [-0.05, 0) is 97.5 Å². The zero-order valence-electron chi connectivity index (χ0n) is 27.8. The summed E-state index contributed by atoms with van der Waals surface area (Å²) >= 11 is 0. The number of rotatable bonds is 16. The van der Waals surface area contributed by atoms with E-state index in [0.29, 0.717) is 23.0 Å². The first-order valence-electron chi connectivity index (χ1n) is 15.9. The number of hydrogen-bond donors (Lipinski definition) is 2. The van der Waals surface area contributed by atoms with Crippen molar-refractivity contribution in [1.29, 1.82) is 0 Å². The Bertz CT molecular complexity index is 1680. The molecule has 49 heavy (non-hydrogen) atoms. The molecule has 0 unspecified atom stereocenters. The predicted molar refractivity (Wildman–Crippen MR) is 186 cm³/mol. The van der Waals surface area contributed by atoms with E-state index in [1.807, 2.05) is 6.07 Å². The van der Waals surface area contributed by atoms with E-state index in [2.05, 4.69) is 13.8 Å². The molecule has 0 aliphatic heterocycles. The smallest absolute Gasteiger partial charge is 0.872 e. The molecular weight excluding hydrogens is 697 g/mol. The molecule has 0 aromatic heterocycles.